The van der Waals surface area contributed by atoms with Crippen LogP contribution in [0.3, 0.4) is 0 Å². The van der Waals surface area contributed by atoms with Gasteiger partial charge in [0.25, 0.3) is 0 Å². The van der Waals surface area contributed by atoms with Crippen LogP contribution in [0.1, 0.15) is 0 Å². The van der Waals surface area contributed by atoms with Crippen LogP contribution in [0, 0.1) is 10.1 Å². The maximum atomic E-state index is 11.2. The lowest BCUT2D eigenvalue weighted by Gasteiger charge is -2.06. The largest absolute Gasteiger partial charge is 0.506 e. The lowest BCUT2D eigenvalue weighted by molar-refractivity contribution is -0.385. The van der Waals surface area contributed by atoms with Crippen molar-refractivity contribution >= 4 is 15.5 Å². The van der Waals surface area contributed by atoms with E-state index in [-0.39, 0.29) is 5.75 Å². The summed E-state index contributed by atoms with van der Waals surface area (Å²) in [6, 6.07) is 1.66. The molecule has 0 radical (unpaired) electrons. The number of hydrogen-bond acceptors (Lipinski definition) is 6. The van der Waals surface area contributed by atoms with E-state index in [4.69, 9.17) is 0 Å². The van der Waals surface area contributed by atoms with Gasteiger partial charge in [-0.1, -0.05) is 0 Å². The van der Waals surface area contributed by atoms with Crippen molar-refractivity contribution in [2.45, 2.75) is 4.90 Å². The van der Waals surface area contributed by atoms with Crippen molar-refractivity contribution in [2.24, 2.45) is 0 Å². The first-order valence-electron chi connectivity index (χ1n) is 4.03. The maximum Gasteiger partial charge on any atom is 0.314 e. The first kappa shape index (κ1) is 12.2. The maximum absolute atomic E-state index is 11.2. The second-order valence-electron chi connectivity index (χ2n) is 3.02. The number of rotatable bonds is 3. The zero-order valence-electron chi connectivity index (χ0n) is 8.50. The average molecular weight is 247 g/mol. The zero-order valence-corrected chi connectivity index (χ0v) is 9.32. The lowest BCUT2D eigenvalue weighted by atomic mass is 10.3. The van der Waals surface area contributed by atoms with Crippen molar-refractivity contribution in [3.05, 3.63) is 22.2 Å². The molecular formula is C8H9NO6S. The third-order valence-corrected chi connectivity index (χ3v) is 2.98. The quantitative estimate of drug-likeness (QED) is 0.622. The Morgan fingerprint density at radius 3 is 2.38 bits per heavy atom. The number of ether oxygens (including phenoxy) is 1. The Morgan fingerprint density at radius 2 is 2.00 bits per heavy atom. The molecule has 0 amide bonds. The zero-order chi connectivity index (χ0) is 12.5. The van der Waals surface area contributed by atoms with Crippen LogP contribution in [0.25, 0.3) is 0 Å². The van der Waals surface area contributed by atoms with Gasteiger partial charge in [-0.2, -0.15) is 0 Å². The summed E-state index contributed by atoms with van der Waals surface area (Å²) in [5.74, 6) is -0.891. The molecule has 0 unspecified atom stereocenters. The van der Waals surface area contributed by atoms with Gasteiger partial charge in [0.2, 0.25) is 0 Å². The molecule has 0 aliphatic carbocycles. The van der Waals surface area contributed by atoms with Gasteiger partial charge in [-0.25, -0.2) is 8.42 Å². The number of phenols is 1. The lowest BCUT2D eigenvalue weighted by Crippen LogP contribution is -2.01. The number of hydrogen-bond donors (Lipinski definition) is 1. The van der Waals surface area contributed by atoms with Crippen LogP contribution in [0.15, 0.2) is 17.0 Å². The molecule has 1 aromatic carbocycles. The summed E-state index contributed by atoms with van der Waals surface area (Å²) in [5, 5.41) is 19.9. The Morgan fingerprint density at radius 1 is 1.44 bits per heavy atom. The molecule has 1 N–H and O–H groups in total. The van der Waals surface area contributed by atoms with E-state index < -0.39 is 31.1 Å². The molecule has 0 atom stereocenters. The standard InChI is InChI=1S/C8H9NO6S/c1-15-7-4-8(16(2,13)14)6(10)3-5(7)9(11)12/h3-4,10H,1-2H3. The Hall–Kier alpha value is -1.83. The van der Waals surface area contributed by atoms with Gasteiger partial charge in [-0.05, 0) is 0 Å². The third kappa shape index (κ3) is 2.22. The summed E-state index contributed by atoms with van der Waals surface area (Å²) in [6.45, 7) is 0. The van der Waals surface area contributed by atoms with Crippen LogP contribution >= 0.6 is 0 Å². The predicted octanol–water partition coefficient (Wildman–Crippen LogP) is 0.712. The number of aromatic hydroxyl groups is 1. The number of nitro groups is 1. The number of methoxy groups -OCH3 is 1. The fourth-order valence-electron chi connectivity index (χ4n) is 1.14. The van der Waals surface area contributed by atoms with Crippen molar-refractivity contribution in [1.29, 1.82) is 0 Å². The second-order valence-corrected chi connectivity index (χ2v) is 5.01. The molecule has 88 valence electrons. The summed E-state index contributed by atoms with van der Waals surface area (Å²) in [4.78, 5) is 9.38. The van der Waals surface area contributed by atoms with Crippen molar-refractivity contribution in [1.82, 2.24) is 0 Å². The smallest absolute Gasteiger partial charge is 0.314 e. The molecule has 1 aromatic rings. The highest BCUT2D eigenvalue weighted by Crippen LogP contribution is 2.35. The summed E-state index contributed by atoms with van der Waals surface area (Å²) in [7, 11) is -2.49. The summed E-state index contributed by atoms with van der Waals surface area (Å²) < 4.78 is 27.1. The first-order chi connectivity index (χ1) is 7.27. The highest BCUT2D eigenvalue weighted by atomic mass is 32.2. The number of benzene rings is 1. The van der Waals surface area contributed by atoms with Gasteiger partial charge in [0.1, 0.15) is 10.6 Å². The monoisotopic (exact) mass is 247 g/mol. The minimum absolute atomic E-state index is 0.219. The van der Waals surface area contributed by atoms with Gasteiger partial charge < -0.3 is 9.84 Å². The van der Waals surface area contributed by atoms with Gasteiger partial charge in [0.15, 0.2) is 15.6 Å². The van der Waals surface area contributed by atoms with E-state index in [0.717, 1.165) is 18.4 Å². The molecule has 0 aliphatic rings. The van der Waals surface area contributed by atoms with Crippen LogP contribution in [0.2, 0.25) is 0 Å². The fraction of sp³-hybridized carbons (Fsp3) is 0.250. The van der Waals surface area contributed by atoms with Crippen molar-refractivity contribution in [3.8, 4) is 11.5 Å². The van der Waals surface area contributed by atoms with Crippen LogP contribution in [0.5, 0.6) is 11.5 Å². The molecule has 8 heteroatoms. The Labute approximate surface area is 91.3 Å². The van der Waals surface area contributed by atoms with E-state index >= 15 is 0 Å². The highest BCUT2D eigenvalue weighted by Gasteiger charge is 2.23. The molecule has 0 spiro atoms. The molecule has 0 saturated heterocycles. The Kier molecular flexibility index (Phi) is 3.04. The molecule has 0 fully saturated rings. The third-order valence-electron chi connectivity index (χ3n) is 1.86. The molecule has 0 heterocycles. The van der Waals surface area contributed by atoms with E-state index in [1.807, 2.05) is 0 Å². The van der Waals surface area contributed by atoms with Gasteiger partial charge in [-0.3, -0.25) is 10.1 Å². The Bertz CT molecular complexity index is 536. The van der Waals surface area contributed by atoms with Crippen molar-refractivity contribution < 1.29 is 23.2 Å². The fourth-order valence-corrected chi connectivity index (χ4v) is 1.90. The number of nitro benzene ring substituents is 1. The summed E-state index contributed by atoms with van der Waals surface area (Å²) >= 11 is 0. The molecule has 0 aromatic heterocycles. The van der Waals surface area contributed by atoms with E-state index in [1.54, 1.807) is 0 Å². The number of sulfone groups is 1. The van der Waals surface area contributed by atoms with E-state index in [9.17, 15) is 23.6 Å². The van der Waals surface area contributed by atoms with E-state index in [0.29, 0.717) is 0 Å². The van der Waals surface area contributed by atoms with Crippen molar-refractivity contribution in [2.75, 3.05) is 13.4 Å². The first-order valence-corrected chi connectivity index (χ1v) is 5.92. The minimum atomic E-state index is -3.66. The molecule has 0 aliphatic heterocycles. The second kappa shape index (κ2) is 3.97. The van der Waals surface area contributed by atoms with E-state index in [1.165, 1.54) is 7.11 Å². The van der Waals surface area contributed by atoms with E-state index in [2.05, 4.69) is 4.74 Å². The van der Waals surface area contributed by atoms with Crippen molar-refractivity contribution in [3.63, 3.8) is 0 Å². The molecule has 16 heavy (non-hydrogen) atoms. The summed E-state index contributed by atoms with van der Waals surface area (Å²) in [6.07, 6.45) is 0.882. The molecule has 1 rings (SSSR count). The normalized spacial score (nSPS) is 11.1. The van der Waals surface area contributed by atoms with Gasteiger partial charge in [0.05, 0.1) is 18.1 Å². The minimum Gasteiger partial charge on any atom is -0.506 e. The van der Waals surface area contributed by atoms with Gasteiger partial charge in [-0.15, -0.1) is 0 Å². The van der Waals surface area contributed by atoms with Gasteiger partial charge in [0, 0.05) is 12.3 Å². The molecule has 7 nitrogen and oxygen atoms in total. The van der Waals surface area contributed by atoms with Crippen LogP contribution < -0.4 is 4.74 Å². The van der Waals surface area contributed by atoms with Crippen LogP contribution in [-0.2, 0) is 9.84 Å². The predicted molar refractivity (Wildman–Crippen MR) is 54.4 cm³/mol. The van der Waals surface area contributed by atoms with Crippen LogP contribution in [0.4, 0.5) is 5.69 Å². The molecule has 0 saturated carbocycles. The van der Waals surface area contributed by atoms with Crippen LogP contribution in [-0.4, -0.2) is 31.8 Å². The number of phenolic OH excluding ortho intramolecular Hbond substituents is 1. The number of nitrogens with zero attached hydrogens (tertiary/aromatic N) is 1. The summed E-state index contributed by atoms with van der Waals surface area (Å²) in [5.41, 5.74) is -0.493. The highest BCUT2D eigenvalue weighted by molar-refractivity contribution is 7.90. The SMILES string of the molecule is COc1cc(S(C)(=O)=O)c(O)cc1[N+](=O)[O-]. The average Bonchev–Trinajstić information content (AvgIpc) is 2.15. The Balaban J connectivity index is 3.56. The molecule has 0 bridgehead atoms. The molecular weight excluding hydrogens is 238 g/mol. The van der Waals surface area contributed by atoms with Gasteiger partial charge >= 0.3 is 5.69 Å². The topological polar surface area (TPSA) is 107 Å².